The number of benzene rings is 2. The van der Waals surface area contributed by atoms with Gasteiger partial charge in [-0.3, -0.25) is 5.32 Å². The molecule has 0 aromatic heterocycles. The number of halogens is 1. The Hall–Kier alpha value is -2.73. The molecule has 0 fully saturated rings. The molecule has 7 heteroatoms. The van der Waals surface area contributed by atoms with Crippen molar-refractivity contribution in [2.45, 2.75) is 19.9 Å². The lowest BCUT2D eigenvalue weighted by Crippen LogP contribution is -2.38. The quantitative estimate of drug-likeness (QED) is 0.498. The lowest BCUT2D eigenvalue weighted by atomic mass is 10.1. The number of rotatable bonds is 7. The monoisotopic (exact) mass is 388 g/mol. The topological polar surface area (TPSA) is 74.8 Å². The van der Waals surface area contributed by atoms with Gasteiger partial charge in [-0.25, -0.2) is 9.79 Å². The number of nitrogens with one attached hydrogen (secondary N) is 3. The summed E-state index contributed by atoms with van der Waals surface area (Å²) in [5.74, 6) is 0.751. The van der Waals surface area contributed by atoms with Crippen LogP contribution in [-0.2, 0) is 17.7 Å². The summed E-state index contributed by atoms with van der Waals surface area (Å²) in [6.45, 7) is 4.07. The normalized spacial score (nSPS) is 11.0. The van der Waals surface area contributed by atoms with E-state index in [2.05, 4.69) is 25.7 Å². The van der Waals surface area contributed by atoms with Crippen molar-refractivity contribution in [3.05, 3.63) is 64.7 Å². The average molecular weight is 389 g/mol. The van der Waals surface area contributed by atoms with Crippen molar-refractivity contribution < 1.29 is 9.53 Å². The van der Waals surface area contributed by atoms with Gasteiger partial charge >= 0.3 is 6.09 Å². The predicted octanol–water partition coefficient (Wildman–Crippen LogP) is 3.82. The van der Waals surface area contributed by atoms with Crippen LogP contribution in [0.25, 0.3) is 0 Å². The third-order valence-electron chi connectivity index (χ3n) is 3.79. The number of anilines is 1. The maximum atomic E-state index is 11.2. The second-order valence-corrected chi connectivity index (χ2v) is 6.18. The molecular formula is C20H25ClN4O2. The summed E-state index contributed by atoms with van der Waals surface area (Å²) < 4.78 is 4.57. The van der Waals surface area contributed by atoms with Gasteiger partial charge in [0.1, 0.15) is 0 Å². The molecule has 1 amide bonds. The highest BCUT2D eigenvalue weighted by atomic mass is 35.5. The molecule has 0 atom stereocenters. The molecule has 0 radical (unpaired) electrons. The second-order valence-electron chi connectivity index (χ2n) is 5.78. The van der Waals surface area contributed by atoms with E-state index in [1.54, 1.807) is 0 Å². The first-order valence-electron chi connectivity index (χ1n) is 8.82. The van der Waals surface area contributed by atoms with Crippen molar-refractivity contribution >= 4 is 29.3 Å². The number of carbonyl (C=O) groups is 1. The van der Waals surface area contributed by atoms with E-state index in [-0.39, 0.29) is 0 Å². The maximum absolute atomic E-state index is 11.2. The van der Waals surface area contributed by atoms with Crippen LogP contribution in [0.4, 0.5) is 10.5 Å². The van der Waals surface area contributed by atoms with Gasteiger partial charge in [0.15, 0.2) is 5.96 Å². The molecule has 2 aromatic rings. The van der Waals surface area contributed by atoms with E-state index < -0.39 is 6.09 Å². The van der Waals surface area contributed by atoms with Gasteiger partial charge in [-0.15, -0.1) is 0 Å². The van der Waals surface area contributed by atoms with Gasteiger partial charge in [-0.05, 0) is 42.7 Å². The summed E-state index contributed by atoms with van der Waals surface area (Å²) in [4.78, 5) is 15.8. The Morgan fingerprint density at radius 2 is 1.85 bits per heavy atom. The molecule has 6 nitrogen and oxygen atoms in total. The van der Waals surface area contributed by atoms with Crippen molar-refractivity contribution in [1.82, 2.24) is 10.6 Å². The predicted molar refractivity (Wildman–Crippen MR) is 110 cm³/mol. The second kappa shape index (κ2) is 11.1. The number of hydrogen-bond donors (Lipinski definition) is 3. The smallest absolute Gasteiger partial charge is 0.411 e. The molecule has 0 unspecified atom stereocenters. The summed E-state index contributed by atoms with van der Waals surface area (Å²) in [6, 6.07) is 15.3. The van der Waals surface area contributed by atoms with E-state index in [0.717, 1.165) is 41.6 Å². The van der Waals surface area contributed by atoms with Crippen LogP contribution in [-0.4, -0.2) is 32.3 Å². The standard InChI is InChI=1S/C20H25ClN4O2/c1-3-22-19(23-13-12-16-6-4-5-7-18(16)21)24-14-15-8-10-17(11-9-15)25-20(26)27-2/h4-11H,3,12-14H2,1-2H3,(H,25,26)(H2,22,23,24). The number of guanidine groups is 1. The van der Waals surface area contributed by atoms with Gasteiger partial charge < -0.3 is 15.4 Å². The number of amides is 1. The van der Waals surface area contributed by atoms with Gasteiger partial charge in [-0.2, -0.15) is 0 Å². The summed E-state index contributed by atoms with van der Waals surface area (Å²) in [6.07, 6.45) is 0.329. The zero-order valence-electron chi connectivity index (χ0n) is 15.6. The molecule has 0 spiro atoms. The van der Waals surface area contributed by atoms with Gasteiger partial charge in [0, 0.05) is 23.8 Å². The number of carbonyl (C=O) groups excluding carboxylic acids is 1. The molecule has 27 heavy (non-hydrogen) atoms. The highest BCUT2D eigenvalue weighted by Gasteiger charge is 2.02. The number of hydrogen-bond acceptors (Lipinski definition) is 3. The molecule has 0 aliphatic heterocycles. The van der Waals surface area contributed by atoms with Crippen molar-refractivity contribution in [1.29, 1.82) is 0 Å². The van der Waals surface area contributed by atoms with Crippen molar-refractivity contribution in [3.63, 3.8) is 0 Å². The van der Waals surface area contributed by atoms with Crippen LogP contribution >= 0.6 is 11.6 Å². The Morgan fingerprint density at radius 3 is 2.52 bits per heavy atom. The fourth-order valence-electron chi connectivity index (χ4n) is 2.39. The molecule has 3 N–H and O–H groups in total. The van der Waals surface area contributed by atoms with Crippen LogP contribution in [0.3, 0.4) is 0 Å². The van der Waals surface area contributed by atoms with Crippen LogP contribution in [0.1, 0.15) is 18.1 Å². The van der Waals surface area contributed by atoms with Gasteiger partial charge in [-0.1, -0.05) is 41.9 Å². The van der Waals surface area contributed by atoms with E-state index in [1.165, 1.54) is 7.11 Å². The Morgan fingerprint density at radius 1 is 1.11 bits per heavy atom. The number of methoxy groups -OCH3 is 1. The van der Waals surface area contributed by atoms with Crippen molar-refractivity contribution in [3.8, 4) is 0 Å². The molecule has 0 saturated carbocycles. The molecule has 144 valence electrons. The summed E-state index contributed by atoms with van der Waals surface area (Å²) >= 11 is 6.19. The minimum Gasteiger partial charge on any atom is -0.453 e. The first kappa shape index (κ1) is 20.6. The van der Waals surface area contributed by atoms with Crippen LogP contribution in [0.15, 0.2) is 53.5 Å². The minimum absolute atomic E-state index is 0.488. The first-order chi connectivity index (χ1) is 13.1. The summed E-state index contributed by atoms with van der Waals surface area (Å²) in [5.41, 5.74) is 2.82. The summed E-state index contributed by atoms with van der Waals surface area (Å²) in [7, 11) is 1.33. The number of ether oxygens (including phenoxy) is 1. The Balaban J connectivity index is 1.88. The van der Waals surface area contributed by atoms with Crippen molar-refractivity contribution in [2.24, 2.45) is 4.99 Å². The van der Waals surface area contributed by atoms with E-state index in [0.29, 0.717) is 12.2 Å². The lowest BCUT2D eigenvalue weighted by Gasteiger charge is -2.12. The third kappa shape index (κ3) is 7.19. The van der Waals surface area contributed by atoms with Crippen molar-refractivity contribution in [2.75, 3.05) is 25.5 Å². The molecular weight excluding hydrogens is 364 g/mol. The summed E-state index contributed by atoms with van der Waals surface area (Å²) in [5, 5.41) is 9.95. The molecule has 2 aromatic carbocycles. The molecule has 0 bridgehead atoms. The number of nitrogens with zero attached hydrogens (tertiary/aromatic N) is 1. The number of aliphatic imine (C=N–C) groups is 1. The van der Waals surface area contributed by atoms with Gasteiger partial charge in [0.2, 0.25) is 0 Å². The van der Waals surface area contributed by atoms with Crippen LogP contribution < -0.4 is 16.0 Å². The third-order valence-corrected chi connectivity index (χ3v) is 4.16. The zero-order chi connectivity index (χ0) is 19.5. The van der Waals surface area contributed by atoms with E-state index in [4.69, 9.17) is 11.6 Å². The molecule has 0 aliphatic rings. The molecule has 2 rings (SSSR count). The zero-order valence-corrected chi connectivity index (χ0v) is 16.3. The minimum atomic E-state index is -0.488. The molecule has 0 heterocycles. The Labute approximate surface area is 165 Å². The van der Waals surface area contributed by atoms with Crippen LogP contribution in [0.2, 0.25) is 5.02 Å². The highest BCUT2D eigenvalue weighted by Crippen LogP contribution is 2.15. The first-order valence-corrected chi connectivity index (χ1v) is 9.19. The molecule has 0 aliphatic carbocycles. The fraction of sp³-hybridized carbons (Fsp3) is 0.300. The van der Waals surface area contributed by atoms with E-state index in [9.17, 15) is 4.79 Å². The van der Waals surface area contributed by atoms with Gasteiger partial charge in [0.05, 0.1) is 13.7 Å². The average Bonchev–Trinajstić information content (AvgIpc) is 2.68. The largest absolute Gasteiger partial charge is 0.453 e. The van der Waals surface area contributed by atoms with Crippen LogP contribution in [0, 0.1) is 0 Å². The fourth-order valence-corrected chi connectivity index (χ4v) is 2.62. The van der Waals surface area contributed by atoms with Gasteiger partial charge in [0.25, 0.3) is 0 Å². The maximum Gasteiger partial charge on any atom is 0.411 e. The lowest BCUT2D eigenvalue weighted by molar-refractivity contribution is 0.187. The highest BCUT2D eigenvalue weighted by molar-refractivity contribution is 6.31. The SMILES string of the molecule is CCNC(=NCc1ccc(NC(=O)OC)cc1)NCCc1ccccc1Cl. The Kier molecular flexibility index (Phi) is 8.45. The van der Waals surface area contributed by atoms with E-state index >= 15 is 0 Å². The molecule has 0 saturated heterocycles. The Bertz CT molecular complexity index is 763. The van der Waals surface area contributed by atoms with Crippen LogP contribution in [0.5, 0.6) is 0 Å². The van der Waals surface area contributed by atoms with E-state index in [1.807, 2.05) is 55.5 Å².